The summed E-state index contributed by atoms with van der Waals surface area (Å²) in [5, 5.41) is 13.7. The fraction of sp³-hybridized carbons (Fsp3) is 0. The fourth-order valence-electron chi connectivity index (χ4n) is 2.61. The topological polar surface area (TPSA) is 60.9 Å². The lowest BCUT2D eigenvalue weighted by molar-refractivity contribution is 0.475. The second kappa shape index (κ2) is 5.50. The molecule has 0 aliphatic carbocycles. The highest BCUT2D eigenvalue weighted by molar-refractivity contribution is 5.95. The molecule has 0 bridgehead atoms. The lowest BCUT2D eigenvalue weighted by Crippen LogP contribution is -1.93. The second-order valence-corrected chi connectivity index (χ2v) is 5.34. The molecule has 2 heterocycles. The van der Waals surface area contributed by atoms with E-state index < -0.39 is 0 Å². The number of hydrogen-bond donors (Lipinski definition) is 3. The van der Waals surface area contributed by atoms with E-state index >= 15 is 0 Å². The molecule has 0 atom stereocenters. The molecule has 0 spiro atoms. The van der Waals surface area contributed by atoms with Crippen molar-refractivity contribution in [3.05, 3.63) is 72.9 Å². The van der Waals surface area contributed by atoms with Crippen LogP contribution in [-0.2, 0) is 0 Å². The first-order valence-electron chi connectivity index (χ1n) is 7.39. The molecule has 4 rings (SSSR count). The Hall–Kier alpha value is -3.27. The number of nitrogens with one attached hydrogen (secondary N) is 2. The number of hydrogen-bond acceptors (Lipinski definition) is 3. The Morgan fingerprint density at radius 2 is 1.70 bits per heavy atom. The van der Waals surface area contributed by atoms with Crippen molar-refractivity contribution in [2.24, 2.45) is 0 Å². The summed E-state index contributed by atoms with van der Waals surface area (Å²) in [7, 11) is 0. The van der Waals surface area contributed by atoms with Gasteiger partial charge in [0, 0.05) is 23.0 Å². The molecule has 0 amide bonds. The summed E-state index contributed by atoms with van der Waals surface area (Å²) in [5.74, 6) is 1.03. The van der Waals surface area contributed by atoms with Gasteiger partial charge in [0.25, 0.3) is 0 Å². The van der Waals surface area contributed by atoms with Gasteiger partial charge in [-0.15, -0.1) is 0 Å². The standard InChI is InChI=1S/C19H15N3O/c23-15-8-6-14(7-9-15)21-19-16-12-18(13-4-2-1-3-5-13)22-17(16)10-11-20-19/h1-12,22-23H,(H,20,21). The van der Waals surface area contributed by atoms with Crippen molar-refractivity contribution < 1.29 is 5.11 Å². The molecule has 0 saturated heterocycles. The number of aromatic amines is 1. The Morgan fingerprint density at radius 3 is 2.48 bits per heavy atom. The fourth-order valence-corrected chi connectivity index (χ4v) is 2.61. The Kier molecular flexibility index (Phi) is 3.20. The highest BCUT2D eigenvalue weighted by Gasteiger charge is 2.08. The molecule has 0 saturated carbocycles. The van der Waals surface area contributed by atoms with Gasteiger partial charge in [-0.3, -0.25) is 0 Å². The number of anilines is 2. The maximum absolute atomic E-state index is 9.38. The van der Waals surface area contributed by atoms with Crippen LogP contribution in [0.2, 0.25) is 0 Å². The van der Waals surface area contributed by atoms with Crippen LogP contribution in [0.4, 0.5) is 11.5 Å². The van der Waals surface area contributed by atoms with E-state index in [1.807, 2.05) is 36.4 Å². The van der Waals surface area contributed by atoms with Gasteiger partial charge < -0.3 is 15.4 Å². The predicted molar refractivity (Wildman–Crippen MR) is 92.9 cm³/mol. The van der Waals surface area contributed by atoms with Crippen LogP contribution in [0, 0.1) is 0 Å². The number of fused-ring (bicyclic) bond motifs is 1. The zero-order chi connectivity index (χ0) is 15.6. The van der Waals surface area contributed by atoms with Gasteiger partial charge in [0.15, 0.2) is 0 Å². The molecule has 0 aliphatic rings. The first-order valence-corrected chi connectivity index (χ1v) is 7.39. The molecule has 3 N–H and O–H groups in total. The van der Waals surface area contributed by atoms with E-state index in [0.717, 1.165) is 33.7 Å². The number of rotatable bonds is 3. The van der Waals surface area contributed by atoms with Crippen LogP contribution < -0.4 is 5.32 Å². The number of aromatic nitrogens is 2. The largest absolute Gasteiger partial charge is 0.508 e. The third-order valence-corrected chi connectivity index (χ3v) is 3.76. The van der Waals surface area contributed by atoms with E-state index in [1.54, 1.807) is 18.3 Å². The monoisotopic (exact) mass is 301 g/mol. The van der Waals surface area contributed by atoms with Crippen LogP contribution in [0.3, 0.4) is 0 Å². The van der Waals surface area contributed by atoms with Crippen LogP contribution >= 0.6 is 0 Å². The molecule has 4 nitrogen and oxygen atoms in total. The zero-order valence-electron chi connectivity index (χ0n) is 12.3. The van der Waals surface area contributed by atoms with Gasteiger partial charge in [-0.25, -0.2) is 4.98 Å². The van der Waals surface area contributed by atoms with E-state index in [4.69, 9.17) is 0 Å². The molecule has 112 valence electrons. The van der Waals surface area contributed by atoms with E-state index in [9.17, 15) is 5.11 Å². The molecular formula is C19H15N3O. The predicted octanol–water partition coefficient (Wildman–Crippen LogP) is 4.68. The summed E-state index contributed by atoms with van der Waals surface area (Å²) in [6, 6.07) is 21.2. The summed E-state index contributed by atoms with van der Waals surface area (Å²) in [5.41, 5.74) is 4.10. The minimum Gasteiger partial charge on any atom is -0.508 e. The summed E-state index contributed by atoms with van der Waals surface area (Å²) in [4.78, 5) is 7.87. The van der Waals surface area contributed by atoms with Gasteiger partial charge in [-0.1, -0.05) is 30.3 Å². The zero-order valence-corrected chi connectivity index (χ0v) is 12.3. The normalized spacial score (nSPS) is 10.8. The molecule has 23 heavy (non-hydrogen) atoms. The quantitative estimate of drug-likeness (QED) is 0.481. The lowest BCUT2D eigenvalue weighted by atomic mass is 10.1. The van der Waals surface area contributed by atoms with E-state index in [2.05, 4.69) is 33.5 Å². The number of aromatic hydroxyl groups is 1. The van der Waals surface area contributed by atoms with Crippen LogP contribution in [-0.4, -0.2) is 15.1 Å². The van der Waals surface area contributed by atoms with Crippen molar-refractivity contribution in [1.82, 2.24) is 9.97 Å². The molecular weight excluding hydrogens is 286 g/mol. The van der Waals surface area contributed by atoms with Crippen LogP contribution in [0.25, 0.3) is 22.2 Å². The van der Waals surface area contributed by atoms with E-state index in [-0.39, 0.29) is 5.75 Å². The summed E-state index contributed by atoms with van der Waals surface area (Å²) < 4.78 is 0. The molecule has 2 aromatic carbocycles. The minimum absolute atomic E-state index is 0.245. The maximum atomic E-state index is 9.38. The Bertz CT molecular complexity index is 943. The van der Waals surface area contributed by atoms with E-state index in [1.165, 1.54) is 0 Å². The molecule has 4 heteroatoms. The molecule has 0 fully saturated rings. The average Bonchev–Trinajstić information content (AvgIpc) is 3.03. The van der Waals surface area contributed by atoms with Crippen molar-refractivity contribution in [3.8, 4) is 17.0 Å². The number of phenolic OH excluding ortho intramolecular Hbond substituents is 1. The maximum Gasteiger partial charge on any atom is 0.139 e. The van der Waals surface area contributed by atoms with Crippen molar-refractivity contribution in [3.63, 3.8) is 0 Å². The highest BCUT2D eigenvalue weighted by Crippen LogP contribution is 2.29. The van der Waals surface area contributed by atoms with Crippen molar-refractivity contribution in [2.45, 2.75) is 0 Å². The van der Waals surface area contributed by atoms with Gasteiger partial charge in [0.2, 0.25) is 0 Å². The Balaban J connectivity index is 1.75. The molecule has 0 unspecified atom stereocenters. The molecule has 2 aromatic heterocycles. The van der Waals surface area contributed by atoms with Crippen molar-refractivity contribution >= 4 is 22.4 Å². The molecule has 0 aliphatic heterocycles. The summed E-state index contributed by atoms with van der Waals surface area (Å²) in [6.07, 6.45) is 1.77. The number of phenols is 1. The molecule has 4 aromatic rings. The second-order valence-electron chi connectivity index (χ2n) is 5.34. The summed E-state index contributed by atoms with van der Waals surface area (Å²) >= 11 is 0. The van der Waals surface area contributed by atoms with Gasteiger partial charge >= 0.3 is 0 Å². The minimum atomic E-state index is 0.245. The van der Waals surface area contributed by atoms with Crippen molar-refractivity contribution in [2.75, 3.05) is 5.32 Å². The first kappa shape index (κ1) is 13.4. The van der Waals surface area contributed by atoms with Crippen molar-refractivity contribution in [1.29, 1.82) is 0 Å². The summed E-state index contributed by atoms with van der Waals surface area (Å²) in [6.45, 7) is 0. The number of benzene rings is 2. The number of pyridine rings is 1. The third kappa shape index (κ3) is 2.62. The highest BCUT2D eigenvalue weighted by atomic mass is 16.3. The Labute approximate surface area is 133 Å². The first-order chi connectivity index (χ1) is 11.3. The van der Waals surface area contributed by atoms with Gasteiger partial charge in [-0.05, 0) is 42.0 Å². The van der Waals surface area contributed by atoms with Gasteiger partial charge in [0.05, 0.1) is 5.52 Å². The van der Waals surface area contributed by atoms with Crippen LogP contribution in [0.15, 0.2) is 72.9 Å². The number of H-pyrrole nitrogens is 1. The smallest absolute Gasteiger partial charge is 0.139 e. The lowest BCUT2D eigenvalue weighted by Gasteiger charge is -2.06. The van der Waals surface area contributed by atoms with Gasteiger partial charge in [0.1, 0.15) is 11.6 Å². The molecule has 0 radical (unpaired) electrons. The third-order valence-electron chi connectivity index (χ3n) is 3.76. The van der Waals surface area contributed by atoms with Crippen LogP contribution in [0.5, 0.6) is 5.75 Å². The SMILES string of the molecule is Oc1ccc(Nc2nccc3[nH]c(-c4ccccc4)cc23)cc1. The number of nitrogens with zero attached hydrogens (tertiary/aromatic N) is 1. The van der Waals surface area contributed by atoms with E-state index in [0.29, 0.717) is 0 Å². The average molecular weight is 301 g/mol. The van der Waals surface area contributed by atoms with Crippen LogP contribution in [0.1, 0.15) is 0 Å². The Morgan fingerprint density at radius 1 is 0.913 bits per heavy atom. The van der Waals surface area contributed by atoms with Gasteiger partial charge in [-0.2, -0.15) is 0 Å².